The average molecular weight is 783 g/mol. The Balaban J connectivity index is 1.44. The minimum Gasteiger partial charge on any atom is -0.487 e. The first-order valence-corrected chi connectivity index (χ1v) is 14.2. The van der Waals surface area contributed by atoms with E-state index in [0.717, 1.165) is 29.4 Å². The Morgan fingerprint density at radius 3 is 2.38 bits per heavy atom. The Labute approximate surface area is 253 Å². The molecule has 3 amide bonds. The summed E-state index contributed by atoms with van der Waals surface area (Å²) in [5.74, 6) is -0.910. The number of hydrogen-bond donors (Lipinski definition) is 1. The van der Waals surface area contributed by atoms with E-state index in [9.17, 15) is 18.8 Å². The number of carbonyl (C=O) groups is 3. The highest BCUT2D eigenvalue weighted by atomic mass is 127. The largest absolute Gasteiger partial charge is 0.487 e. The smallest absolute Gasteiger partial charge is 0.294 e. The molecular formula is C25H15Cl2FI2N2O4S. The number of thioether (sulfide) groups is 1. The maximum atomic E-state index is 13.0. The van der Waals surface area contributed by atoms with E-state index in [0.29, 0.717) is 27.0 Å². The van der Waals surface area contributed by atoms with Crippen LogP contribution in [0.15, 0.2) is 59.5 Å². The first kappa shape index (κ1) is 28.1. The lowest BCUT2D eigenvalue weighted by atomic mass is 10.2. The number of benzene rings is 3. The fourth-order valence-electron chi connectivity index (χ4n) is 3.25. The zero-order chi connectivity index (χ0) is 26.7. The average Bonchev–Trinajstić information content (AvgIpc) is 3.08. The third kappa shape index (κ3) is 7.16. The van der Waals surface area contributed by atoms with Crippen LogP contribution in [-0.2, 0) is 16.2 Å². The molecule has 4 rings (SSSR count). The maximum absolute atomic E-state index is 13.0. The molecule has 0 unspecified atom stereocenters. The summed E-state index contributed by atoms with van der Waals surface area (Å²) >= 11 is 17.2. The summed E-state index contributed by atoms with van der Waals surface area (Å²) in [5, 5.41) is 3.05. The molecular weight excluding hydrogens is 768 g/mol. The molecule has 12 heteroatoms. The van der Waals surface area contributed by atoms with Gasteiger partial charge in [0.25, 0.3) is 11.1 Å². The van der Waals surface area contributed by atoms with Crippen molar-refractivity contribution in [2.24, 2.45) is 0 Å². The van der Waals surface area contributed by atoms with E-state index >= 15 is 0 Å². The molecule has 0 aliphatic carbocycles. The van der Waals surface area contributed by atoms with Gasteiger partial charge < -0.3 is 10.1 Å². The van der Waals surface area contributed by atoms with Gasteiger partial charge in [-0.3, -0.25) is 19.3 Å². The van der Waals surface area contributed by atoms with Crippen LogP contribution in [-0.4, -0.2) is 28.5 Å². The third-order valence-electron chi connectivity index (χ3n) is 5.01. The lowest BCUT2D eigenvalue weighted by Gasteiger charge is -2.13. The van der Waals surface area contributed by atoms with Crippen molar-refractivity contribution in [3.63, 3.8) is 0 Å². The second-order valence-electron chi connectivity index (χ2n) is 7.66. The van der Waals surface area contributed by atoms with Crippen LogP contribution >= 0.6 is 80.1 Å². The van der Waals surface area contributed by atoms with Crippen LogP contribution in [0, 0.1) is 13.0 Å². The quantitative estimate of drug-likeness (QED) is 0.198. The zero-order valence-electron chi connectivity index (χ0n) is 18.6. The van der Waals surface area contributed by atoms with Crippen molar-refractivity contribution >= 4 is 109 Å². The van der Waals surface area contributed by atoms with Gasteiger partial charge in [0.2, 0.25) is 5.91 Å². The number of anilines is 1. The van der Waals surface area contributed by atoms with Crippen molar-refractivity contribution in [3.05, 3.63) is 93.6 Å². The standard InChI is InChI=1S/C25H15Cl2FI2N2O4S/c26-15-2-1-14(18(27)10-15)12-36-23-19(29)7-13(8-20(23)30)9-21-24(34)32(25(35)37-21)11-22(33)31-17-5-3-16(28)4-6-17/h1-10H,11-12H2,(H,31,33)/b21-9-. The van der Waals surface area contributed by atoms with Crippen molar-refractivity contribution in [2.45, 2.75) is 6.61 Å². The van der Waals surface area contributed by atoms with Gasteiger partial charge in [0.1, 0.15) is 24.7 Å². The Hall–Kier alpha value is -1.87. The highest BCUT2D eigenvalue weighted by Gasteiger charge is 2.36. The summed E-state index contributed by atoms with van der Waals surface area (Å²) in [7, 11) is 0. The SMILES string of the molecule is O=C(CN1C(=O)S/C(=C\c2cc(I)c(OCc3ccc(Cl)cc3Cl)c(I)c2)C1=O)Nc1ccc(F)cc1. The molecule has 6 nitrogen and oxygen atoms in total. The fourth-order valence-corrected chi connectivity index (χ4v) is 6.68. The molecule has 0 saturated carbocycles. The summed E-state index contributed by atoms with van der Waals surface area (Å²) in [6.07, 6.45) is 1.60. The molecule has 3 aromatic rings. The minimum atomic E-state index is -0.568. The molecule has 190 valence electrons. The number of carbonyl (C=O) groups excluding carboxylic acids is 3. The van der Waals surface area contributed by atoms with Gasteiger partial charge in [0.15, 0.2) is 0 Å². The molecule has 1 aliphatic rings. The van der Waals surface area contributed by atoms with Gasteiger partial charge >= 0.3 is 0 Å². The van der Waals surface area contributed by atoms with Crippen molar-refractivity contribution in [1.29, 1.82) is 0 Å². The fraction of sp³-hybridized carbons (Fsp3) is 0.0800. The highest BCUT2D eigenvalue weighted by molar-refractivity contribution is 14.1. The Morgan fingerprint density at radius 2 is 1.73 bits per heavy atom. The van der Waals surface area contributed by atoms with Gasteiger partial charge in [-0.2, -0.15) is 0 Å². The van der Waals surface area contributed by atoms with Crippen LogP contribution in [0.2, 0.25) is 10.0 Å². The lowest BCUT2D eigenvalue weighted by Crippen LogP contribution is -2.36. The molecule has 1 saturated heterocycles. The van der Waals surface area contributed by atoms with Crippen LogP contribution in [0.1, 0.15) is 11.1 Å². The second kappa shape index (κ2) is 12.3. The molecule has 3 aromatic carbocycles. The molecule has 0 aromatic heterocycles. The highest BCUT2D eigenvalue weighted by Crippen LogP contribution is 2.35. The van der Waals surface area contributed by atoms with Crippen molar-refractivity contribution in [1.82, 2.24) is 4.90 Å². The van der Waals surface area contributed by atoms with Crippen LogP contribution in [0.4, 0.5) is 14.9 Å². The van der Waals surface area contributed by atoms with E-state index in [-0.39, 0.29) is 11.5 Å². The molecule has 0 atom stereocenters. The van der Waals surface area contributed by atoms with E-state index in [2.05, 4.69) is 50.5 Å². The van der Waals surface area contributed by atoms with Crippen molar-refractivity contribution < 1.29 is 23.5 Å². The molecule has 1 aliphatic heterocycles. The number of amides is 3. The third-order valence-corrected chi connectivity index (χ3v) is 8.11. The van der Waals surface area contributed by atoms with Crippen LogP contribution in [0.5, 0.6) is 5.75 Å². The van der Waals surface area contributed by atoms with Crippen LogP contribution in [0.3, 0.4) is 0 Å². The number of nitrogens with zero attached hydrogens (tertiary/aromatic N) is 1. The van der Waals surface area contributed by atoms with Gasteiger partial charge in [-0.05, 0) is 117 Å². The molecule has 0 spiro atoms. The predicted octanol–water partition coefficient (Wildman–Crippen LogP) is 7.60. The minimum absolute atomic E-state index is 0.202. The van der Waals surface area contributed by atoms with E-state index < -0.39 is 29.4 Å². The van der Waals surface area contributed by atoms with Gasteiger partial charge in [0.05, 0.1) is 12.0 Å². The molecule has 37 heavy (non-hydrogen) atoms. The summed E-state index contributed by atoms with van der Waals surface area (Å²) in [5.41, 5.74) is 1.85. The normalized spacial score (nSPS) is 14.4. The number of hydrogen-bond acceptors (Lipinski definition) is 5. The predicted molar refractivity (Wildman–Crippen MR) is 160 cm³/mol. The van der Waals surface area contributed by atoms with Crippen LogP contribution in [0.25, 0.3) is 6.08 Å². The zero-order valence-corrected chi connectivity index (χ0v) is 25.2. The number of ether oxygens (including phenoxy) is 1. The topological polar surface area (TPSA) is 75.7 Å². The number of nitrogens with one attached hydrogen (secondary N) is 1. The summed E-state index contributed by atoms with van der Waals surface area (Å²) in [6, 6.07) is 14.0. The van der Waals surface area contributed by atoms with Crippen molar-refractivity contribution in [3.8, 4) is 5.75 Å². The Morgan fingerprint density at radius 1 is 1.05 bits per heavy atom. The first-order valence-electron chi connectivity index (χ1n) is 10.5. The molecule has 0 radical (unpaired) electrons. The van der Waals surface area contributed by atoms with E-state index in [1.807, 2.05) is 12.1 Å². The molecule has 0 bridgehead atoms. The monoisotopic (exact) mass is 782 g/mol. The molecule has 1 N–H and O–H groups in total. The number of rotatable bonds is 7. The van der Waals surface area contributed by atoms with E-state index in [1.54, 1.807) is 24.3 Å². The second-order valence-corrected chi connectivity index (χ2v) is 11.8. The van der Waals surface area contributed by atoms with E-state index in [1.165, 1.54) is 24.3 Å². The summed E-state index contributed by atoms with van der Waals surface area (Å²) < 4.78 is 20.6. The Kier molecular flexibility index (Phi) is 9.38. The van der Waals surface area contributed by atoms with Gasteiger partial charge in [-0.15, -0.1) is 0 Å². The van der Waals surface area contributed by atoms with Crippen molar-refractivity contribution in [2.75, 3.05) is 11.9 Å². The summed E-state index contributed by atoms with van der Waals surface area (Å²) in [4.78, 5) is 38.7. The maximum Gasteiger partial charge on any atom is 0.294 e. The van der Waals surface area contributed by atoms with Gasteiger partial charge in [-0.25, -0.2) is 4.39 Å². The van der Waals surface area contributed by atoms with E-state index in [4.69, 9.17) is 27.9 Å². The lowest BCUT2D eigenvalue weighted by molar-refractivity contribution is -0.127. The Bertz CT molecular complexity index is 1410. The summed E-state index contributed by atoms with van der Waals surface area (Å²) in [6.45, 7) is -0.200. The van der Waals surface area contributed by atoms with Gasteiger partial charge in [-0.1, -0.05) is 29.3 Å². The number of imide groups is 1. The molecule has 1 fully saturated rings. The van der Waals surface area contributed by atoms with Gasteiger partial charge in [0, 0.05) is 21.3 Å². The number of halogens is 5. The first-order chi connectivity index (χ1) is 17.6. The van der Waals surface area contributed by atoms with Crippen LogP contribution < -0.4 is 10.1 Å². The molecule has 1 heterocycles.